The minimum Gasteiger partial charge on any atom is -0.488 e. The zero-order valence-electron chi connectivity index (χ0n) is 21.6. The Balaban J connectivity index is 1.58. The average molecular weight is 625 g/mol. The van der Waals surface area contributed by atoms with Crippen molar-refractivity contribution in [2.24, 2.45) is 16.8 Å². The van der Waals surface area contributed by atoms with Crippen molar-refractivity contribution in [2.75, 3.05) is 13.1 Å². The van der Waals surface area contributed by atoms with Gasteiger partial charge in [0.2, 0.25) is 0 Å². The van der Waals surface area contributed by atoms with Gasteiger partial charge in [-0.1, -0.05) is 17.3 Å². The molecule has 0 saturated carbocycles. The summed E-state index contributed by atoms with van der Waals surface area (Å²) in [6, 6.07) is 8.09. The van der Waals surface area contributed by atoms with Crippen molar-refractivity contribution in [1.29, 1.82) is 0 Å². The average Bonchev–Trinajstić information content (AvgIpc) is 3.33. The largest absolute Gasteiger partial charge is 0.488 e. The molecule has 0 unspecified atom stereocenters. The van der Waals surface area contributed by atoms with Gasteiger partial charge in [0.05, 0.1) is 27.6 Å². The Hall–Kier alpha value is -3.66. The topological polar surface area (TPSA) is 93.2 Å². The van der Waals surface area contributed by atoms with Crippen LogP contribution in [0.2, 0.25) is 0 Å². The van der Waals surface area contributed by atoms with Gasteiger partial charge in [0.25, 0.3) is 0 Å². The van der Waals surface area contributed by atoms with Crippen LogP contribution in [0.15, 0.2) is 47.6 Å². The molecule has 1 aromatic heterocycles. The zero-order valence-corrected chi connectivity index (χ0v) is 22.4. The second-order valence-corrected chi connectivity index (χ2v) is 10.5. The van der Waals surface area contributed by atoms with Crippen LogP contribution in [-0.4, -0.2) is 46.8 Å². The second kappa shape index (κ2) is 12.7. The lowest BCUT2D eigenvalue weighted by Gasteiger charge is -2.32. The van der Waals surface area contributed by atoms with Crippen molar-refractivity contribution < 1.29 is 49.8 Å². The van der Waals surface area contributed by atoms with Crippen molar-refractivity contribution in [1.82, 2.24) is 9.88 Å². The Morgan fingerprint density at radius 1 is 1.07 bits per heavy atom. The quantitative estimate of drug-likeness (QED) is 0.0887. The van der Waals surface area contributed by atoms with Gasteiger partial charge in [0.1, 0.15) is 23.1 Å². The second-order valence-electron chi connectivity index (χ2n) is 9.37. The lowest BCUT2D eigenvalue weighted by molar-refractivity contribution is -0.185. The number of aromatic nitrogens is 1. The van der Waals surface area contributed by atoms with Gasteiger partial charge in [-0.3, -0.25) is 4.90 Å². The lowest BCUT2D eigenvalue weighted by Crippen LogP contribution is -2.38. The molecule has 42 heavy (non-hydrogen) atoms. The van der Waals surface area contributed by atoms with E-state index in [1.165, 1.54) is 24.3 Å². The van der Waals surface area contributed by atoms with Gasteiger partial charge < -0.3 is 20.4 Å². The molecule has 0 spiro atoms. The van der Waals surface area contributed by atoms with E-state index in [1.54, 1.807) is 4.90 Å². The first-order chi connectivity index (χ1) is 19.7. The fraction of sp³-hybridized carbons (Fsp3) is 0.385. The van der Waals surface area contributed by atoms with E-state index in [4.69, 9.17) is 15.7 Å². The molecule has 2 aromatic carbocycles. The number of likely N-dealkylation sites (tertiary alicyclic amines) is 1. The van der Waals surface area contributed by atoms with Crippen molar-refractivity contribution in [3.63, 3.8) is 0 Å². The zero-order chi connectivity index (χ0) is 30.7. The van der Waals surface area contributed by atoms with Gasteiger partial charge in [-0.25, -0.2) is 4.98 Å². The first-order valence-electron chi connectivity index (χ1n) is 12.4. The standard InChI is InChI=1S/C26H24F8N4O3S/c27-24(28)41-20-11-17(5-6-18(20)22(35)37-39)40-13-21-19(12-38-9-7-16(8-10-38)26(32,33)34)36-23(42-21)14-1-3-15(4-2-14)25(29,30)31/h1-6,11,16,24,39H,7-10,12-13H2,(H2,35,37). The number of ether oxygens (including phenoxy) is 2. The number of nitrogens with two attached hydrogens (primary N) is 1. The summed E-state index contributed by atoms with van der Waals surface area (Å²) in [5.41, 5.74) is 5.42. The van der Waals surface area contributed by atoms with Crippen molar-refractivity contribution in [2.45, 2.75) is 45.0 Å². The summed E-state index contributed by atoms with van der Waals surface area (Å²) in [7, 11) is 0. The maximum absolute atomic E-state index is 13.1. The van der Waals surface area contributed by atoms with E-state index in [1.807, 2.05) is 0 Å². The Kier molecular flexibility index (Phi) is 9.45. The summed E-state index contributed by atoms with van der Waals surface area (Å²) in [4.78, 5) is 6.89. The molecule has 0 amide bonds. The molecular weight excluding hydrogens is 600 g/mol. The van der Waals surface area contributed by atoms with Crippen LogP contribution in [0.25, 0.3) is 10.6 Å². The monoisotopic (exact) mass is 624 g/mol. The third-order valence-electron chi connectivity index (χ3n) is 6.58. The predicted octanol–water partition coefficient (Wildman–Crippen LogP) is 6.88. The maximum Gasteiger partial charge on any atom is 0.416 e. The van der Waals surface area contributed by atoms with Gasteiger partial charge in [0, 0.05) is 18.2 Å². The van der Waals surface area contributed by atoms with E-state index < -0.39 is 42.0 Å². The van der Waals surface area contributed by atoms with Crippen LogP contribution in [0.3, 0.4) is 0 Å². The van der Waals surface area contributed by atoms with Gasteiger partial charge in [-0.2, -0.15) is 35.1 Å². The molecule has 3 N–H and O–H groups in total. The molecule has 3 aromatic rings. The lowest BCUT2D eigenvalue weighted by atomic mass is 9.96. The smallest absolute Gasteiger partial charge is 0.416 e. The number of hydrogen-bond donors (Lipinski definition) is 2. The van der Waals surface area contributed by atoms with E-state index in [2.05, 4.69) is 14.9 Å². The fourth-order valence-electron chi connectivity index (χ4n) is 4.38. The van der Waals surface area contributed by atoms with Gasteiger partial charge in [-0.05, 0) is 50.2 Å². The van der Waals surface area contributed by atoms with Crippen LogP contribution in [0.5, 0.6) is 11.5 Å². The summed E-state index contributed by atoms with van der Waals surface area (Å²) in [6.07, 6.45) is -8.96. The molecule has 1 aliphatic heterocycles. The van der Waals surface area contributed by atoms with Crippen LogP contribution < -0.4 is 15.2 Å². The fourth-order valence-corrected chi connectivity index (χ4v) is 5.36. The molecule has 0 atom stereocenters. The third-order valence-corrected chi connectivity index (χ3v) is 7.70. The highest BCUT2D eigenvalue weighted by Gasteiger charge is 2.41. The van der Waals surface area contributed by atoms with E-state index >= 15 is 0 Å². The summed E-state index contributed by atoms with van der Waals surface area (Å²) in [5.74, 6) is -2.22. The molecule has 0 radical (unpaired) electrons. The summed E-state index contributed by atoms with van der Waals surface area (Å²) < 4.78 is 114. The number of amidine groups is 1. The molecule has 0 aliphatic carbocycles. The normalized spacial score (nSPS) is 15.8. The summed E-state index contributed by atoms with van der Waals surface area (Å²) in [5, 5.41) is 12.1. The van der Waals surface area contributed by atoms with Crippen molar-refractivity contribution >= 4 is 17.2 Å². The van der Waals surface area contributed by atoms with Crippen LogP contribution in [0.4, 0.5) is 35.1 Å². The number of rotatable bonds is 9. The van der Waals surface area contributed by atoms with Crippen molar-refractivity contribution in [3.05, 3.63) is 64.2 Å². The molecule has 16 heteroatoms. The number of alkyl halides is 8. The molecule has 1 fully saturated rings. The predicted molar refractivity (Wildman–Crippen MR) is 137 cm³/mol. The number of piperidine rings is 1. The SMILES string of the molecule is N/C(=N\O)c1ccc(OCc2sc(-c3ccc(C(F)(F)F)cc3)nc2CN2CCC(C(F)(F)F)CC2)cc1OC(F)F. The van der Waals surface area contributed by atoms with Gasteiger partial charge in [-0.15, -0.1) is 11.3 Å². The summed E-state index contributed by atoms with van der Waals surface area (Å²) >= 11 is 1.12. The number of oxime groups is 1. The minimum absolute atomic E-state index is 0.0709. The number of nitrogens with zero attached hydrogens (tertiary/aromatic N) is 3. The molecular formula is C26H24F8N4O3S. The molecule has 228 valence electrons. The number of hydrogen-bond acceptors (Lipinski definition) is 7. The Morgan fingerprint density at radius 2 is 1.74 bits per heavy atom. The van der Waals surface area contributed by atoms with Crippen LogP contribution >= 0.6 is 11.3 Å². The first-order valence-corrected chi connectivity index (χ1v) is 13.2. The molecule has 4 rings (SSSR count). The molecule has 2 heterocycles. The highest BCUT2D eigenvalue weighted by Crippen LogP contribution is 2.37. The van der Waals surface area contributed by atoms with Crippen LogP contribution in [0.1, 0.15) is 34.5 Å². The highest BCUT2D eigenvalue weighted by atomic mass is 32.1. The van der Waals surface area contributed by atoms with E-state index in [0.717, 1.165) is 29.5 Å². The Bertz CT molecular complexity index is 1390. The Labute approximate surface area is 238 Å². The van der Waals surface area contributed by atoms with Gasteiger partial charge >= 0.3 is 19.0 Å². The van der Waals surface area contributed by atoms with Crippen LogP contribution in [-0.2, 0) is 19.3 Å². The minimum atomic E-state index is -4.52. The van der Waals surface area contributed by atoms with Crippen LogP contribution in [0, 0.1) is 5.92 Å². The number of halogens is 8. The molecule has 1 saturated heterocycles. The number of benzene rings is 2. The van der Waals surface area contributed by atoms with Crippen molar-refractivity contribution in [3.8, 4) is 22.1 Å². The molecule has 0 bridgehead atoms. The highest BCUT2D eigenvalue weighted by molar-refractivity contribution is 7.15. The Morgan fingerprint density at radius 3 is 2.31 bits per heavy atom. The van der Waals surface area contributed by atoms with E-state index in [0.29, 0.717) is 21.1 Å². The van der Waals surface area contributed by atoms with E-state index in [-0.39, 0.29) is 50.4 Å². The molecule has 7 nitrogen and oxygen atoms in total. The summed E-state index contributed by atoms with van der Waals surface area (Å²) in [6.45, 7) is -2.86. The first kappa shape index (κ1) is 31.3. The molecule has 1 aliphatic rings. The van der Waals surface area contributed by atoms with Gasteiger partial charge in [0.15, 0.2) is 5.84 Å². The number of thiazole rings is 1. The maximum atomic E-state index is 13.1. The van der Waals surface area contributed by atoms with E-state index in [9.17, 15) is 35.1 Å². The third kappa shape index (κ3) is 7.79.